The predicted molar refractivity (Wildman–Crippen MR) is 128 cm³/mol. The topological polar surface area (TPSA) is 35.5 Å². The Kier molecular flexibility index (Phi) is 6.07. The molecular weight excluding hydrogens is 404 g/mol. The summed E-state index contributed by atoms with van der Waals surface area (Å²) in [4.78, 5) is 15.2. The number of ether oxygens (including phenoxy) is 2. The first-order valence-electron chi connectivity index (χ1n) is 10.8. The van der Waals surface area contributed by atoms with E-state index < -0.39 is 5.60 Å². The van der Waals surface area contributed by atoms with Crippen molar-refractivity contribution in [2.24, 2.45) is 0 Å². The molecule has 0 radical (unpaired) electrons. The van der Waals surface area contributed by atoms with Gasteiger partial charge in [0.2, 0.25) is 0 Å². The normalized spacial score (nSPS) is 15.4. The van der Waals surface area contributed by atoms with Gasteiger partial charge in [0.05, 0.1) is 0 Å². The van der Waals surface area contributed by atoms with E-state index in [2.05, 4.69) is 61.2 Å². The minimum absolute atomic E-state index is 0.0646. The van der Waals surface area contributed by atoms with Gasteiger partial charge in [-0.05, 0) is 69.7 Å². The van der Waals surface area contributed by atoms with E-state index >= 15 is 0 Å². The van der Waals surface area contributed by atoms with Crippen LogP contribution in [-0.4, -0.2) is 18.2 Å². The Hall–Kier alpha value is -2.77. The van der Waals surface area contributed by atoms with Crippen molar-refractivity contribution in [2.75, 3.05) is 6.61 Å². The highest BCUT2D eigenvalue weighted by atomic mass is 32.2. The second-order valence-corrected chi connectivity index (χ2v) is 10.5. The number of hydrogen-bond acceptors (Lipinski definition) is 3. The second kappa shape index (κ2) is 8.77. The highest BCUT2D eigenvalue weighted by Crippen LogP contribution is 2.45. The summed E-state index contributed by atoms with van der Waals surface area (Å²) in [6, 6.07) is 15.2. The molecular formula is C27H29O3S+. The zero-order valence-corrected chi connectivity index (χ0v) is 19.5. The van der Waals surface area contributed by atoms with Crippen molar-refractivity contribution in [1.29, 1.82) is 0 Å². The molecule has 1 atom stereocenters. The maximum atomic E-state index is 12.5. The third kappa shape index (κ3) is 4.34. The van der Waals surface area contributed by atoms with Crippen LogP contribution in [0.3, 0.4) is 0 Å². The molecule has 4 rings (SSSR count). The van der Waals surface area contributed by atoms with Crippen molar-refractivity contribution in [3.63, 3.8) is 0 Å². The molecule has 3 aromatic rings. The first-order chi connectivity index (χ1) is 14.9. The minimum atomic E-state index is -0.621. The van der Waals surface area contributed by atoms with Gasteiger partial charge in [0.15, 0.2) is 26.7 Å². The summed E-state index contributed by atoms with van der Waals surface area (Å²) in [5, 5.41) is 1.30. The molecule has 1 unspecified atom stereocenters. The number of thiophene rings is 1. The lowest BCUT2D eigenvalue weighted by molar-refractivity contribution is -0.156. The summed E-state index contributed by atoms with van der Waals surface area (Å²) >= 11 is 0. The van der Waals surface area contributed by atoms with Gasteiger partial charge in [-0.3, -0.25) is 0 Å². The Morgan fingerprint density at radius 3 is 2.42 bits per heavy atom. The van der Waals surface area contributed by atoms with Gasteiger partial charge in [0, 0.05) is 41.0 Å². The Balaban J connectivity index is 1.53. The quantitative estimate of drug-likeness (QED) is 0.253. The third-order valence-electron chi connectivity index (χ3n) is 5.90. The summed E-state index contributed by atoms with van der Waals surface area (Å²) < 4.78 is 13.1. The van der Waals surface area contributed by atoms with Gasteiger partial charge in [0.25, 0.3) is 0 Å². The van der Waals surface area contributed by atoms with E-state index in [0.29, 0.717) is 0 Å². The second-order valence-electron chi connectivity index (χ2n) is 8.32. The zero-order chi connectivity index (χ0) is 22.0. The Bertz CT molecular complexity index is 1160. The van der Waals surface area contributed by atoms with E-state index in [9.17, 15) is 4.79 Å². The molecule has 0 spiro atoms. The Labute approximate surface area is 187 Å². The molecule has 1 heterocycles. The maximum absolute atomic E-state index is 12.5. The summed E-state index contributed by atoms with van der Waals surface area (Å²) in [6.07, 6.45) is 3.70. The fourth-order valence-electron chi connectivity index (χ4n) is 4.61. The monoisotopic (exact) mass is 433 g/mol. The summed E-state index contributed by atoms with van der Waals surface area (Å²) in [5.74, 6) is 6.44. The van der Waals surface area contributed by atoms with Crippen molar-refractivity contribution < 1.29 is 14.3 Å². The number of hydrogen-bond donors (Lipinski definition) is 0. The SMILES string of the molecule is CC#CC1(OC(=O)COc2c(C)cc(-[s+]3c(C)cc4ccccc43)cc2C)CCCC1. The predicted octanol–water partition coefficient (Wildman–Crippen LogP) is 6.76. The van der Waals surface area contributed by atoms with Crippen molar-refractivity contribution in [1.82, 2.24) is 0 Å². The number of fused-ring (bicyclic) bond motifs is 1. The van der Waals surface area contributed by atoms with Gasteiger partial charge in [-0.2, -0.15) is 0 Å². The highest BCUT2D eigenvalue weighted by molar-refractivity contribution is 7.45. The molecule has 160 valence electrons. The standard InChI is InChI=1S/C27H29O3S/c1-5-12-27(13-8-9-14-27)30-25(28)18-29-26-19(2)15-23(16-20(26)3)31-21(4)17-22-10-6-7-11-24(22)31/h6-7,10-11,15-17H,8-9,13-14,18H2,1-4H3/q+1. The van der Waals surface area contributed by atoms with Crippen molar-refractivity contribution in [3.8, 4) is 22.5 Å². The van der Waals surface area contributed by atoms with Crippen molar-refractivity contribution >= 4 is 26.5 Å². The largest absolute Gasteiger partial charge is 0.481 e. The van der Waals surface area contributed by atoms with Crippen LogP contribution in [0.1, 0.15) is 48.6 Å². The molecule has 4 heteroatoms. The molecule has 3 nitrogen and oxygen atoms in total. The van der Waals surface area contributed by atoms with Crippen LogP contribution in [0.15, 0.2) is 42.5 Å². The first kappa shape index (κ1) is 21.5. The van der Waals surface area contributed by atoms with Gasteiger partial charge in [0.1, 0.15) is 5.75 Å². The molecule has 1 aliphatic carbocycles. The number of carbonyl (C=O) groups is 1. The molecule has 31 heavy (non-hydrogen) atoms. The minimum Gasteiger partial charge on any atom is -0.481 e. The fourth-order valence-corrected chi connectivity index (χ4v) is 6.99. The molecule has 1 saturated carbocycles. The lowest BCUT2D eigenvalue weighted by Gasteiger charge is -2.23. The number of esters is 1. The number of benzene rings is 2. The molecule has 0 saturated heterocycles. The first-order valence-corrected chi connectivity index (χ1v) is 12.1. The molecule has 0 aliphatic heterocycles. The average Bonchev–Trinajstić information content (AvgIpc) is 3.30. The van der Waals surface area contributed by atoms with E-state index in [1.807, 2.05) is 13.8 Å². The van der Waals surface area contributed by atoms with Crippen LogP contribution in [0.4, 0.5) is 0 Å². The van der Waals surface area contributed by atoms with E-state index in [-0.39, 0.29) is 23.0 Å². The lowest BCUT2D eigenvalue weighted by atomic mass is 10.0. The van der Waals surface area contributed by atoms with Gasteiger partial charge < -0.3 is 9.47 Å². The number of carbonyl (C=O) groups excluding carboxylic acids is 1. The van der Waals surface area contributed by atoms with Crippen LogP contribution in [0.2, 0.25) is 0 Å². The van der Waals surface area contributed by atoms with Crippen molar-refractivity contribution in [2.45, 2.75) is 59.0 Å². The zero-order valence-electron chi connectivity index (χ0n) is 18.7. The molecule has 1 aliphatic rings. The smallest absolute Gasteiger partial charge is 0.345 e. The van der Waals surface area contributed by atoms with Crippen LogP contribution in [0.5, 0.6) is 5.75 Å². The highest BCUT2D eigenvalue weighted by Gasteiger charge is 2.36. The van der Waals surface area contributed by atoms with E-state index in [1.54, 1.807) is 6.92 Å². The van der Waals surface area contributed by atoms with Crippen LogP contribution in [0, 0.1) is 32.6 Å². The van der Waals surface area contributed by atoms with Gasteiger partial charge in [-0.15, -0.1) is 5.92 Å². The van der Waals surface area contributed by atoms with E-state index in [1.165, 1.54) is 19.9 Å². The molecule has 2 aromatic carbocycles. The van der Waals surface area contributed by atoms with Crippen LogP contribution >= 0.6 is 10.5 Å². The van der Waals surface area contributed by atoms with Crippen LogP contribution in [0.25, 0.3) is 15.0 Å². The summed E-state index contributed by atoms with van der Waals surface area (Å²) in [6.45, 7) is 7.98. The fraction of sp³-hybridized carbons (Fsp3) is 0.370. The van der Waals surface area contributed by atoms with E-state index in [4.69, 9.17) is 9.47 Å². The third-order valence-corrected chi connectivity index (χ3v) is 8.18. The average molecular weight is 434 g/mol. The molecule has 0 bridgehead atoms. The van der Waals surface area contributed by atoms with Crippen LogP contribution < -0.4 is 4.74 Å². The number of aryl methyl sites for hydroxylation is 3. The Morgan fingerprint density at radius 2 is 1.74 bits per heavy atom. The van der Waals surface area contributed by atoms with Crippen molar-refractivity contribution in [3.05, 3.63) is 58.5 Å². The molecule has 1 fully saturated rings. The molecule has 1 aromatic heterocycles. The molecule has 0 N–H and O–H groups in total. The Morgan fingerprint density at radius 1 is 1.06 bits per heavy atom. The number of rotatable bonds is 5. The van der Waals surface area contributed by atoms with Gasteiger partial charge in [-0.25, -0.2) is 4.79 Å². The maximum Gasteiger partial charge on any atom is 0.345 e. The van der Waals surface area contributed by atoms with Gasteiger partial charge in [-0.1, -0.05) is 18.1 Å². The van der Waals surface area contributed by atoms with Gasteiger partial charge >= 0.3 is 5.97 Å². The lowest BCUT2D eigenvalue weighted by Crippen LogP contribution is -2.32. The molecule has 0 amide bonds. The summed E-state index contributed by atoms with van der Waals surface area (Å²) in [7, 11) is -0.0646. The van der Waals surface area contributed by atoms with Crippen LogP contribution in [-0.2, 0) is 9.53 Å². The summed E-state index contributed by atoms with van der Waals surface area (Å²) in [5.41, 5.74) is 1.46. The van der Waals surface area contributed by atoms with E-state index in [0.717, 1.165) is 42.6 Å².